The van der Waals surface area contributed by atoms with E-state index in [0.717, 1.165) is 0 Å². The number of nitrogens with zero attached hydrogens (tertiary/aromatic N) is 1. The highest BCUT2D eigenvalue weighted by Crippen LogP contribution is 2.41. The molecule has 9 nitrogen and oxygen atoms in total. The molecule has 0 spiro atoms. The van der Waals surface area contributed by atoms with Gasteiger partial charge in [-0.25, -0.2) is 9.59 Å². The van der Waals surface area contributed by atoms with Gasteiger partial charge in [0.25, 0.3) is 5.91 Å². The summed E-state index contributed by atoms with van der Waals surface area (Å²) in [4.78, 5) is 53.2. The second-order valence-corrected chi connectivity index (χ2v) is 11.6. The summed E-state index contributed by atoms with van der Waals surface area (Å²) in [7, 11) is 0. The molecule has 1 aromatic carbocycles. The van der Waals surface area contributed by atoms with Crippen molar-refractivity contribution in [2.75, 3.05) is 5.75 Å². The molecular formula is C26H33N3O6S. The Morgan fingerprint density at radius 1 is 1.08 bits per heavy atom. The summed E-state index contributed by atoms with van der Waals surface area (Å²) < 4.78 is 10.8. The Labute approximate surface area is 215 Å². The molecule has 2 heterocycles. The van der Waals surface area contributed by atoms with Gasteiger partial charge >= 0.3 is 12.1 Å². The van der Waals surface area contributed by atoms with Gasteiger partial charge in [-0.3, -0.25) is 14.5 Å². The fourth-order valence-electron chi connectivity index (χ4n) is 3.72. The summed E-state index contributed by atoms with van der Waals surface area (Å²) in [6.07, 6.45) is 0.781. The van der Waals surface area contributed by atoms with Crippen LogP contribution < -0.4 is 10.6 Å². The molecule has 1 aromatic rings. The van der Waals surface area contributed by atoms with Crippen LogP contribution in [0.4, 0.5) is 4.79 Å². The van der Waals surface area contributed by atoms with Crippen LogP contribution in [0.3, 0.4) is 0 Å². The van der Waals surface area contributed by atoms with Gasteiger partial charge in [0, 0.05) is 5.75 Å². The molecule has 0 bridgehead atoms. The lowest BCUT2D eigenvalue weighted by molar-refractivity contribution is -0.159. The molecule has 194 valence electrons. The Bertz CT molecular complexity index is 1090. The van der Waals surface area contributed by atoms with Gasteiger partial charge in [0.15, 0.2) is 0 Å². The van der Waals surface area contributed by atoms with Crippen molar-refractivity contribution in [1.29, 1.82) is 0 Å². The quantitative estimate of drug-likeness (QED) is 0.441. The van der Waals surface area contributed by atoms with Gasteiger partial charge < -0.3 is 20.1 Å². The van der Waals surface area contributed by atoms with Crippen molar-refractivity contribution in [3.05, 3.63) is 59.8 Å². The average molecular weight is 516 g/mol. The van der Waals surface area contributed by atoms with Crippen LogP contribution >= 0.6 is 11.8 Å². The number of benzene rings is 1. The third-order valence-electron chi connectivity index (χ3n) is 5.19. The maximum atomic E-state index is 13.3. The Morgan fingerprint density at radius 3 is 2.25 bits per heavy atom. The number of esters is 1. The molecule has 2 aliphatic heterocycles. The number of ether oxygens (including phenoxy) is 2. The Hall–Kier alpha value is -3.27. The minimum atomic E-state index is -1.08. The summed E-state index contributed by atoms with van der Waals surface area (Å²) in [6.45, 7) is 14.2. The summed E-state index contributed by atoms with van der Waals surface area (Å²) in [5.74, 6) is -1.20. The van der Waals surface area contributed by atoms with Crippen LogP contribution in [-0.2, 0) is 23.9 Å². The monoisotopic (exact) mass is 515 g/mol. The predicted octanol–water partition coefficient (Wildman–Crippen LogP) is 3.43. The van der Waals surface area contributed by atoms with Gasteiger partial charge in [-0.1, -0.05) is 43.0 Å². The highest BCUT2D eigenvalue weighted by molar-refractivity contribution is 8.00. The number of alkyl carbamates (subject to hydrolysis) is 1. The second-order valence-electron chi connectivity index (χ2n) is 10.5. The number of hydrogen-bond donors (Lipinski definition) is 2. The number of fused-ring (bicyclic) bond motifs is 1. The van der Waals surface area contributed by atoms with Gasteiger partial charge in [-0.2, -0.15) is 0 Å². The molecule has 10 heteroatoms. The lowest BCUT2D eigenvalue weighted by Gasteiger charge is -2.50. The molecule has 3 rings (SSSR count). The van der Waals surface area contributed by atoms with Crippen LogP contribution in [0.1, 0.15) is 53.1 Å². The number of allylic oxidation sites excluding steroid dienone is 1. The normalized spacial score (nSPS) is 20.5. The Morgan fingerprint density at radius 2 is 1.69 bits per heavy atom. The molecule has 0 radical (unpaired) electrons. The van der Waals surface area contributed by atoms with E-state index in [2.05, 4.69) is 17.2 Å². The summed E-state index contributed by atoms with van der Waals surface area (Å²) in [5.41, 5.74) is -0.223. The Balaban J connectivity index is 1.79. The molecule has 0 saturated carbocycles. The smallest absolute Gasteiger partial charge is 0.408 e. The van der Waals surface area contributed by atoms with E-state index in [1.54, 1.807) is 71.9 Å². The largest absolute Gasteiger partial charge is 0.455 e. The molecule has 0 aromatic heterocycles. The zero-order valence-corrected chi connectivity index (χ0v) is 22.2. The van der Waals surface area contributed by atoms with Gasteiger partial charge in [-0.05, 0) is 52.7 Å². The number of nitrogens with one attached hydrogen (secondary N) is 2. The van der Waals surface area contributed by atoms with Crippen molar-refractivity contribution in [3.63, 3.8) is 0 Å². The Kier molecular flexibility index (Phi) is 7.88. The van der Waals surface area contributed by atoms with Crippen LogP contribution in [0.25, 0.3) is 0 Å². The van der Waals surface area contributed by atoms with Crippen LogP contribution in [-0.4, -0.2) is 57.1 Å². The van der Waals surface area contributed by atoms with Crippen molar-refractivity contribution >= 4 is 35.6 Å². The molecule has 1 fully saturated rings. The van der Waals surface area contributed by atoms with E-state index in [1.807, 2.05) is 0 Å². The van der Waals surface area contributed by atoms with Crippen LogP contribution in [0.15, 0.2) is 54.3 Å². The van der Waals surface area contributed by atoms with Gasteiger partial charge in [0.1, 0.15) is 34.4 Å². The van der Waals surface area contributed by atoms with E-state index in [1.165, 1.54) is 22.7 Å². The molecule has 0 aliphatic carbocycles. The number of carbonyl (C=O) groups is 4. The van der Waals surface area contributed by atoms with E-state index in [4.69, 9.17) is 9.47 Å². The van der Waals surface area contributed by atoms with Crippen LogP contribution in [0.5, 0.6) is 0 Å². The van der Waals surface area contributed by atoms with E-state index >= 15 is 0 Å². The number of carbonyl (C=O) groups excluding carboxylic acids is 4. The molecule has 3 amide bonds. The summed E-state index contributed by atoms with van der Waals surface area (Å²) >= 11 is 1.41. The zero-order chi connectivity index (χ0) is 26.8. The summed E-state index contributed by atoms with van der Waals surface area (Å²) in [5, 5.41) is 4.85. The molecule has 2 aliphatic rings. The number of thioether (sulfide) groups is 1. The van der Waals surface area contributed by atoms with Crippen molar-refractivity contribution in [2.24, 2.45) is 0 Å². The lowest BCUT2D eigenvalue weighted by Crippen LogP contribution is -2.71. The first kappa shape index (κ1) is 27.3. The molecular weight excluding hydrogens is 482 g/mol. The maximum absolute atomic E-state index is 13.3. The molecule has 36 heavy (non-hydrogen) atoms. The first-order valence-corrected chi connectivity index (χ1v) is 12.6. The van der Waals surface area contributed by atoms with Crippen LogP contribution in [0, 0.1) is 0 Å². The number of rotatable bonds is 6. The third kappa shape index (κ3) is 6.29. The number of hydrogen-bond acceptors (Lipinski definition) is 7. The maximum Gasteiger partial charge on any atom is 0.408 e. The van der Waals surface area contributed by atoms with E-state index < -0.39 is 52.5 Å². The lowest BCUT2D eigenvalue weighted by atomic mass is 10.0. The second kappa shape index (κ2) is 10.4. The SMILES string of the molecule is C=CC1=C(C(=O)OC(C)(C)C)N2C(=O)[C@@H](NC(=O)C(NC(=O)OC(C)(C)C)c3ccccc3)[C@@H]2SC1. The standard InChI is InChI=1S/C26H33N3O6S/c1-8-15-14-36-22-18(21(31)29(22)19(15)23(32)34-25(2,3)4)27-20(30)17(16-12-10-9-11-13-16)28-24(33)35-26(5,6)7/h8-13,17-18,22H,1,14H2,2-7H3,(H,27,30)(H,28,33)/t17?,18-,22+/m1/s1. The fourth-order valence-corrected chi connectivity index (χ4v) is 5.06. The van der Waals surface area contributed by atoms with E-state index in [9.17, 15) is 19.2 Å². The van der Waals surface area contributed by atoms with Crippen molar-refractivity contribution in [3.8, 4) is 0 Å². The fraction of sp³-hybridized carbons (Fsp3) is 0.462. The van der Waals surface area contributed by atoms with E-state index in [-0.39, 0.29) is 5.70 Å². The highest BCUT2D eigenvalue weighted by Gasteiger charge is 2.54. The minimum Gasteiger partial charge on any atom is -0.455 e. The van der Waals surface area contributed by atoms with Crippen molar-refractivity contribution in [1.82, 2.24) is 15.5 Å². The first-order chi connectivity index (χ1) is 16.7. The van der Waals surface area contributed by atoms with Crippen LogP contribution in [0.2, 0.25) is 0 Å². The number of amides is 3. The predicted molar refractivity (Wildman–Crippen MR) is 137 cm³/mol. The van der Waals surface area contributed by atoms with Gasteiger partial charge in [0.2, 0.25) is 5.91 Å². The molecule has 1 unspecified atom stereocenters. The zero-order valence-electron chi connectivity index (χ0n) is 21.4. The number of β-lactam (4-membered cyclic amide) rings is 1. The molecule has 3 atom stereocenters. The third-order valence-corrected chi connectivity index (χ3v) is 6.49. The first-order valence-electron chi connectivity index (χ1n) is 11.6. The highest BCUT2D eigenvalue weighted by atomic mass is 32.2. The van der Waals surface area contributed by atoms with Gasteiger partial charge in [0.05, 0.1) is 0 Å². The topological polar surface area (TPSA) is 114 Å². The average Bonchev–Trinajstić information content (AvgIpc) is 2.78. The van der Waals surface area contributed by atoms with E-state index in [0.29, 0.717) is 16.9 Å². The summed E-state index contributed by atoms with van der Waals surface area (Å²) in [6, 6.07) is 6.72. The molecule has 2 N–H and O–H groups in total. The van der Waals surface area contributed by atoms with Crippen molar-refractivity contribution in [2.45, 2.75) is 70.2 Å². The van der Waals surface area contributed by atoms with Crippen molar-refractivity contribution < 1.29 is 28.7 Å². The minimum absolute atomic E-state index is 0.144. The van der Waals surface area contributed by atoms with Gasteiger partial charge in [-0.15, -0.1) is 11.8 Å². The molecule has 1 saturated heterocycles.